The standard InChI is InChI=1S/C13H23NO3/c1-12(2,9-6-10(15)16)14-11(17)13(3)7-4-5-8-13/h4-9H2,1-3H3,(H,14,17)(H,15,16). The predicted octanol–water partition coefficient (Wildman–Crippen LogP) is 2.33. The minimum absolute atomic E-state index is 0.0744. The zero-order valence-electron chi connectivity index (χ0n) is 11.0. The van der Waals surface area contributed by atoms with Gasteiger partial charge < -0.3 is 10.4 Å². The molecule has 0 bridgehead atoms. The third-order valence-corrected chi connectivity index (χ3v) is 3.67. The molecule has 1 rings (SSSR count). The van der Waals surface area contributed by atoms with Crippen molar-refractivity contribution in [1.29, 1.82) is 0 Å². The molecule has 4 nitrogen and oxygen atoms in total. The molecule has 0 heterocycles. The van der Waals surface area contributed by atoms with Crippen molar-refractivity contribution in [2.75, 3.05) is 0 Å². The Balaban J connectivity index is 2.51. The summed E-state index contributed by atoms with van der Waals surface area (Å²) in [7, 11) is 0. The average molecular weight is 241 g/mol. The average Bonchev–Trinajstić information content (AvgIpc) is 2.63. The molecule has 1 aliphatic rings. The summed E-state index contributed by atoms with van der Waals surface area (Å²) < 4.78 is 0. The zero-order chi connectivity index (χ0) is 13.1. The largest absolute Gasteiger partial charge is 0.481 e. The molecule has 1 saturated carbocycles. The highest BCUT2D eigenvalue weighted by Gasteiger charge is 2.38. The van der Waals surface area contributed by atoms with E-state index in [0.717, 1.165) is 25.7 Å². The van der Waals surface area contributed by atoms with Crippen LogP contribution in [0.1, 0.15) is 59.3 Å². The minimum atomic E-state index is -0.820. The highest BCUT2D eigenvalue weighted by Crippen LogP contribution is 2.38. The lowest BCUT2D eigenvalue weighted by Crippen LogP contribution is -2.49. The van der Waals surface area contributed by atoms with Gasteiger partial charge in [-0.15, -0.1) is 0 Å². The van der Waals surface area contributed by atoms with E-state index in [1.807, 2.05) is 20.8 Å². The lowest BCUT2D eigenvalue weighted by atomic mass is 9.86. The highest BCUT2D eigenvalue weighted by atomic mass is 16.4. The molecule has 1 amide bonds. The molecule has 0 aromatic rings. The van der Waals surface area contributed by atoms with Crippen molar-refractivity contribution in [3.63, 3.8) is 0 Å². The van der Waals surface area contributed by atoms with Crippen molar-refractivity contribution in [2.24, 2.45) is 5.41 Å². The van der Waals surface area contributed by atoms with Gasteiger partial charge in [-0.3, -0.25) is 9.59 Å². The van der Waals surface area contributed by atoms with Crippen LogP contribution in [0.25, 0.3) is 0 Å². The molecule has 0 radical (unpaired) electrons. The van der Waals surface area contributed by atoms with Crippen LogP contribution in [0.4, 0.5) is 0 Å². The monoisotopic (exact) mass is 241 g/mol. The van der Waals surface area contributed by atoms with E-state index in [0.29, 0.717) is 6.42 Å². The number of nitrogens with one attached hydrogen (secondary N) is 1. The van der Waals surface area contributed by atoms with Crippen LogP contribution in [0, 0.1) is 5.41 Å². The SMILES string of the molecule is CC(C)(CCC(=O)O)NC(=O)C1(C)CCCC1. The summed E-state index contributed by atoms with van der Waals surface area (Å²) in [5, 5.41) is 11.7. The van der Waals surface area contributed by atoms with Crippen LogP contribution in [-0.4, -0.2) is 22.5 Å². The number of hydrogen-bond donors (Lipinski definition) is 2. The number of carbonyl (C=O) groups excluding carboxylic acids is 1. The zero-order valence-corrected chi connectivity index (χ0v) is 11.0. The molecule has 0 aromatic heterocycles. The van der Waals surface area contributed by atoms with Crippen molar-refractivity contribution >= 4 is 11.9 Å². The Morgan fingerprint density at radius 3 is 2.29 bits per heavy atom. The Kier molecular flexibility index (Phi) is 4.17. The Morgan fingerprint density at radius 2 is 1.82 bits per heavy atom. The molecule has 0 saturated heterocycles. The van der Waals surface area contributed by atoms with Crippen LogP contribution in [0.15, 0.2) is 0 Å². The molecular formula is C13H23NO3. The maximum Gasteiger partial charge on any atom is 0.303 e. The van der Waals surface area contributed by atoms with Gasteiger partial charge in [-0.1, -0.05) is 19.8 Å². The quantitative estimate of drug-likeness (QED) is 0.776. The maximum atomic E-state index is 12.2. The van der Waals surface area contributed by atoms with Crippen LogP contribution >= 0.6 is 0 Å². The van der Waals surface area contributed by atoms with Crippen molar-refractivity contribution in [3.05, 3.63) is 0 Å². The van der Waals surface area contributed by atoms with Gasteiger partial charge in [0.05, 0.1) is 0 Å². The first-order valence-corrected chi connectivity index (χ1v) is 6.30. The third kappa shape index (κ3) is 4.02. The summed E-state index contributed by atoms with van der Waals surface area (Å²) in [5.41, 5.74) is -0.693. The van der Waals surface area contributed by atoms with Crippen molar-refractivity contribution < 1.29 is 14.7 Å². The number of carboxylic acid groups (broad SMARTS) is 1. The fraction of sp³-hybridized carbons (Fsp3) is 0.846. The third-order valence-electron chi connectivity index (χ3n) is 3.67. The van der Waals surface area contributed by atoms with E-state index >= 15 is 0 Å². The van der Waals surface area contributed by atoms with Gasteiger partial charge in [-0.05, 0) is 33.1 Å². The first-order chi connectivity index (χ1) is 7.75. The molecule has 2 N–H and O–H groups in total. The second kappa shape index (κ2) is 5.07. The Labute approximate surface area is 103 Å². The molecule has 0 aliphatic heterocycles. The van der Waals surface area contributed by atoms with Crippen LogP contribution in [0.5, 0.6) is 0 Å². The van der Waals surface area contributed by atoms with Gasteiger partial charge in [0.1, 0.15) is 0 Å². The van der Waals surface area contributed by atoms with Gasteiger partial charge in [-0.25, -0.2) is 0 Å². The molecule has 17 heavy (non-hydrogen) atoms. The number of amides is 1. The lowest BCUT2D eigenvalue weighted by Gasteiger charge is -2.31. The summed E-state index contributed by atoms with van der Waals surface area (Å²) in [6.45, 7) is 5.76. The van der Waals surface area contributed by atoms with Gasteiger partial charge in [0.25, 0.3) is 0 Å². The molecule has 0 atom stereocenters. The van der Waals surface area contributed by atoms with Crippen LogP contribution in [-0.2, 0) is 9.59 Å². The van der Waals surface area contributed by atoms with E-state index < -0.39 is 11.5 Å². The summed E-state index contributed by atoms with van der Waals surface area (Å²) in [6, 6.07) is 0. The van der Waals surface area contributed by atoms with Gasteiger partial charge in [0.15, 0.2) is 0 Å². The number of carbonyl (C=O) groups is 2. The lowest BCUT2D eigenvalue weighted by molar-refractivity contribution is -0.138. The normalized spacial score (nSPS) is 19.0. The summed E-state index contributed by atoms with van der Waals surface area (Å²) in [5.74, 6) is -0.746. The maximum absolute atomic E-state index is 12.2. The molecule has 1 fully saturated rings. The molecule has 0 unspecified atom stereocenters. The van der Waals surface area contributed by atoms with Gasteiger partial charge >= 0.3 is 5.97 Å². The number of rotatable bonds is 5. The molecule has 1 aliphatic carbocycles. The summed E-state index contributed by atoms with van der Waals surface area (Å²) in [6.07, 6.45) is 4.65. The van der Waals surface area contributed by atoms with E-state index in [2.05, 4.69) is 5.32 Å². The van der Waals surface area contributed by atoms with Crippen LogP contribution < -0.4 is 5.32 Å². The van der Waals surface area contributed by atoms with Crippen LogP contribution in [0.2, 0.25) is 0 Å². The van der Waals surface area contributed by atoms with E-state index in [1.165, 1.54) is 0 Å². The summed E-state index contributed by atoms with van der Waals surface area (Å²) >= 11 is 0. The smallest absolute Gasteiger partial charge is 0.303 e. The Bertz CT molecular complexity index is 304. The first-order valence-electron chi connectivity index (χ1n) is 6.30. The highest BCUT2D eigenvalue weighted by molar-refractivity contribution is 5.83. The molecule has 0 aromatic carbocycles. The molecule has 98 valence electrons. The molecule has 0 spiro atoms. The van der Waals surface area contributed by atoms with E-state index in [9.17, 15) is 9.59 Å². The van der Waals surface area contributed by atoms with Crippen molar-refractivity contribution in [3.8, 4) is 0 Å². The summed E-state index contributed by atoms with van der Waals surface area (Å²) in [4.78, 5) is 22.7. The fourth-order valence-electron chi connectivity index (χ4n) is 2.32. The Hall–Kier alpha value is -1.06. The predicted molar refractivity (Wildman–Crippen MR) is 65.7 cm³/mol. The Morgan fingerprint density at radius 1 is 1.29 bits per heavy atom. The second-order valence-electron chi connectivity index (χ2n) is 6.00. The minimum Gasteiger partial charge on any atom is -0.481 e. The van der Waals surface area contributed by atoms with E-state index in [-0.39, 0.29) is 17.7 Å². The second-order valence-corrected chi connectivity index (χ2v) is 6.00. The van der Waals surface area contributed by atoms with E-state index in [4.69, 9.17) is 5.11 Å². The fourth-order valence-corrected chi connectivity index (χ4v) is 2.32. The van der Waals surface area contributed by atoms with Gasteiger partial charge in [0.2, 0.25) is 5.91 Å². The van der Waals surface area contributed by atoms with Crippen LogP contribution in [0.3, 0.4) is 0 Å². The number of hydrogen-bond acceptors (Lipinski definition) is 2. The van der Waals surface area contributed by atoms with Crippen molar-refractivity contribution in [1.82, 2.24) is 5.32 Å². The number of aliphatic carboxylic acids is 1. The van der Waals surface area contributed by atoms with Gasteiger partial charge in [0, 0.05) is 17.4 Å². The topological polar surface area (TPSA) is 66.4 Å². The molecule has 4 heteroatoms. The van der Waals surface area contributed by atoms with Crippen molar-refractivity contribution in [2.45, 2.75) is 64.8 Å². The van der Waals surface area contributed by atoms with E-state index in [1.54, 1.807) is 0 Å². The number of carboxylic acids is 1. The molecular weight excluding hydrogens is 218 g/mol. The van der Waals surface area contributed by atoms with Gasteiger partial charge in [-0.2, -0.15) is 0 Å². The first kappa shape index (κ1) is 14.0.